The molecular weight excluding hydrogens is 286 g/mol. The topological polar surface area (TPSA) is 91.5 Å². The van der Waals surface area contributed by atoms with Gasteiger partial charge < -0.3 is 19.9 Å². The number of pyridine rings is 1. The van der Waals surface area contributed by atoms with Crippen LogP contribution in [0.1, 0.15) is 10.4 Å². The zero-order valence-corrected chi connectivity index (χ0v) is 11.8. The number of fused-ring (bicyclic) bond motifs is 1. The smallest absolute Gasteiger partial charge is 0.264 e. The number of anilines is 2. The quantitative estimate of drug-likeness (QED) is 0.865. The number of H-pyrrole nitrogens is 1. The molecule has 0 spiro atoms. The van der Waals surface area contributed by atoms with Gasteiger partial charge in [0, 0.05) is 36.6 Å². The van der Waals surface area contributed by atoms with Crippen LogP contribution < -0.4 is 20.5 Å². The van der Waals surface area contributed by atoms with E-state index in [9.17, 15) is 14.4 Å². The number of amides is 2. The first-order chi connectivity index (χ1) is 10.5. The highest BCUT2D eigenvalue weighted by atomic mass is 16.5. The van der Waals surface area contributed by atoms with Gasteiger partial charge in [-0.1, -0.05) is 0 Å². The third-order valence-electron chi connectivity index (χ3n) is 3.34. The van der Waals surface area contributed by atoms with Crippen LogP contribution in [0.2, 0.25) is 0 Å². The number of likely N-dealkylation sites (N-methyl/N-ethyl adjacent to an activating group) is 1. The fourth-order valence-corrected chi connectivity index (χ4v) is 2.14. The lowest BCUT2D eigenvalue weighted by atomic mass is 10.2. The maximum Gasteiger partial charge on any atom is 0.264 e. The number of nitrogens with zero attached hydrogens (tertiary/aromatic N) is 1. The second-order valence-corrected chi connectivity index (χ2v) is 4.82. The zero-order valence-electron chi connectivity index (χ0n) is 11.8. The standard InChI is InChI=1S/C15H13N3O4/c1-18-11-3-2-10(7-12(11)22-8-14(18)20)17-15(21)9-4-5-16-13(19)6-9/h2-7H,8H2,1H3,(H,16,19)(H,17,21). The number of ether oxygens (including phenoxy) is 1. The maximum atomic E-state index is 12.1. The first kappa shape index (κ1) is 13.9. The molecule has 7 nitrogen and oxygen atoms in total. The van der Waals surface area contributed by atoms with Gasteiger partial charge in [-0.3, -0.25) is 14.4 Å². The van der Waals surface area contributed by atoms with Gasteiger partial charge in [-0.25, -0.2) is 0 Å². The van der Waals surface area contributed by atoms with E-state index in [1.165, 1.54) is 23.2 Å². The number of rotatable bonds is 2. The van der Waals surface area contributed by atoms with Crippen molar-refractivity contribution in [3.8, 4) is 5.75 Å². The van der Waals surface area contributed by atoms with Gasteiger partial charge in [0.25, 0.3) is 11.8 Å². The highest BCUT2D eigenvalue weighted by Crippen LogP contribution is 2.33. The van der Waals surface area contributed by atoms with Gasteiger partial charge >= 0.3 is 0 Å². The predicted octanol–water partition coefficient (Wildman–Crippen LogP) is 0.982. The average Bonchev–Trinajstić information content (AvgIpc) is 2.51. The molecule has 1 aliphatic heterocycles. The first-order valence-corrected chi connectivity index (χ1v) is 6.58. The van der Waals surface area contributed by atoms with Crippen LogP contribution in [0.3, 0.4) is 0 Å². The monoisotopic (exact) mass is 299 g/mol. The molecule has 0 radical (unpaired) electrons. The summed E-state index contributed by atoms with van der Waals surface area (Å²) in [5.74, 6) is -0.00936. The molecule has 0 saturated heterocycles. The maximum absolute atomic E-state index is 12.1. The molecule has 22 heavy (non-hydrogen) atoms. The molecule has 1 aliphatic rings. The Morgan fingerprint density at radius 3 is 2.86 bits per heavy atom. The number of nitrogens with one attached hydrogen (secondary N) is 2. The Balaban J connectivity index is 1.83. The van der Waals surface area contributed by atoms with E-state index in [1.54, 1.807) is 25.2 Å². The van der Waals surface area contributed by atoms with Crippen molar-refractivity contribution in [1.82, 2.24) is 4.98 Å². The molecule has 0 fully saturated rings. The number of carbonyl (C=O) groups is 2. The molecule has 3 rings (SSSR count). The van der Waals surface area contributed by atoms with Crippen molar-refractivity contribution >= 4 is 23.2 Å². The van der Waals surface area contributed by atoms with Crippen molar-refractivity contribution in [1.29, 1.82) is 0 Å². The van der Waals surface area contributed by atoms with Crippen molar-refractivity contribution in [2.24, 2.45) is 0 Å². The minimum atomic E-state index is -0.397. The number of hydrogen-bond acceptors (Lipinski definition) is 4. The van der Waals surface area contributed by atoms with Crippen LogP contribution in [0.5, 0.6) is 5.75 Å². The Bertz CT molecular complexity index is 812. The molecule has 1 aromatic carbocycles. The molecule has 0 unspecified atom stereocenters. The summed E-state index contributed by atoms with van der Waals surface area (Å²) in [5.41, 5.74) is 1.08. The van der Waals surface area contributed by atoms with E-state index in [0.29, 0.717) is 17.1 Å². The van der Waals surface area contributed by atoms with Crippen LogP contribution in [-0.4, -0.2) is 30.5 Å². The molecule has 1 aromatic heterocycles. The van der Waals surface area contributed by atoms with E-state index in [0.717, 1.165) is 0 Å². The second kappa shape index (κ2) is 5.36. The fourth-order valence-electron chi connectivity index (χ4n) is 2.14. The van der Waals surface area contributed by atoms with Crippen molar-refractivity contribution < 1.29 is 14.3 Å². The molecule has 0 atom stereocenters. The van der Waals surface area contributed by atoms with E-state index in [4.69, 9.17) is 4.74 Å². The van der Waals surface area contributed by atoms with Crippen molar-refractivity contribution in [2.75, 3.05) is 23.9 Å². The van der Waals surface area contributed by atoms with Crippen LogP contribution in [0.25, 0.3) is 0 Å². The fraction of sp³-hybridized carbons (Fsp3) is 0.133. The van der Waals surface area contributed by atoms with Gasteiger partial charge in [0.15, 0.2) is 6.61 Å². The molecule has 2 heterocycles. The molecule has 112 valence electrons. The second-order valence-electron chi connectivity index (χ2n) is 4.82. The molecule has 7 heteroatoms. The Hall–Kier alpha value is -3.09. The number of carbonyl (C=O) groups excluding carboxylic acids is 2. The van der Waals surface area contributed by atoms with Crippen LogP contribution >= 0.6 is 0 Å². The average molecular weight is 299 g/mol. The van der Waals surface area contributed by atoms with E-state index in [-0.39, 0.29) is 23.6 Å². The lowest BCUT2D eigenvalue weighted by Crippen LogP contribution is -2.35. The van der Waals surface area contributed by atoms with E-state index in [1.807, 2.05) is 0 Å². The van der Waals surface area contributed by atoms with E-state index in [2.05, 4.69) is 10.3 Å². The number of hydrogen-bond donors (Lipinski definition) is 2. The molecular formula is C15H13N3O4. The SMILES string of the molecule is CN1C(=O)COc2cc(NC(=O)c3cc[nH]c(=O)c3)ccc21. The molecule has 2 N–H and O–H groups in total. The molecule has 2 aromatic rings. The normalized spacial score (nSPS) is 13.3. The summed E-state index contributed by atoms with van der Waals surface area (Å²) in [6.07, 6.45) is 1.41. The Morgan fingerprint density at radius 2 is 2.09 bits per heavy atom. The van der Waals surface area contributed by atoms with Gasteiger partial charge in [-0.15, -0.1) is 0 Å². The first-order valence-electron chi connectivity index (χ1n) is 6.58. The Labute approximate surface area is 125 Å². The summed E-state index contributed by atoms with van der Waals surface area (Å²) in [6, 6.07) is 7.74. The van der Waals surface area contributed by atoms with Crippen LogP contribution in [-0.2, 0) is 4.79 Å². The number of aromatic nitrogens is 1. The molecule has 0 saturated carbocycles. The summed E-state index contributed by atoms with van der Waals surface area (Å²) in [5, 5.41) is 2.69. The molecule has 0 bridgehead atoms. The summed E-state index contributed by atoms with van der Waals surface area (Å²) in [7, 11) is 1.66. The molecule has 0 aliphatic carbocycles. The lowest BCUT2D eigenvalue weighted by molar-refractivity contribution is -0.120. The van der Waals surface area contributed by atoms with E-state index >= 15 is 0 Å². The lowest BCUT2D eigenvalue weighted by Gasteiger charge is -2.26. The third kappa shape index (κ3) is 2.56. The van der Waals surface area contributed by atoms with E-state index < -0.39 is 5.91 Å². The summed E-state index contributed by atoms with van der Waals surface area (Å²) < 4.78 is 5.36. The van der Waals surface area contributed by atoms with Gasteiger partial charge in [-0.2, -0.15) is 0 Å². The Kier molecular flexibility index (Phi) is 3.38. The highest BCUT2D eigenvalue weighted by molar-refractivity contribution is 6.05. The van der Waals surface area contributed by atoms with Crippen molar-refractivity contribution in [2.45, 2.75) is 0 Å². The number of aromatic amines is 1. The van der Waals surface area contributed by atoms with Gasteiger partial charge in [0.2, 0.25) is 5.56 Å². The third-order valence-corrected chi connectivity index (χ3v) is 3.34. The minimum absolute atomic E-state index is 0.0328. The summed E-state index contributed by atoms with van der Waals surface area (Å²) >= 11 is 0. The largest absolute Gasteiger partial charge is 0.481 e. The van der Waals surface area contributed by atoms with Crippen molar-refractivity contribution in [3.05, 3.63) is 52.4 Å². The molecule has 2 amide bonds. The van der Waals surface area contributed by atoms with Crippen LogP contribution in [0, 0.1) is 0 Å². The Morgan fingerprint density at radius 1 is 1.27 bits per heavy atom. The summed E-state index contributed by atoms with van der Waals surface area (Å²) in [6.45, 7) is -0.0328. The summed E-state index contributed by atoms with van der Waals surface area (Å²) in [4.78, 5) is 38.8. The van der Waals surface area contributed by atoms with Crippen LogP contribution in [0.15, 0.2) is 41.3 Å². The zero-order chi connectivity index (χ0) is 15.7. The number of benzene rings is 1. The predicted molar refractivity (Wildman–Crippen MR) is 80.4 cm³/mol. The minimum Gasteiger partial charge on any atom is -0.481 e. The van der Waals surface area contributed by atoms with Gasteiger partial charge in [0.05, 0.1) is 5.69 Å². The van der Waals surface area contributed by atoms with Crippen LogP contribution in [0.4, 0.5) is 11.4 Å². The van der Waals surface area contributed by atoms with Crippen molar-refractivity contribution in [3.63, 3.8) is 0 Å². The van der Waals surface area contributed by atoms with Gasteiger partial charge in [-0.05, 0) is 18.2 Å². The highest BCUT2D eigenvalue weighted by Gasteiger charge is 2.22. The van der Waals surface area contributed by atoms with Gasteiger partial charge in [0.1, 0.15) is 5.75 Å².